The van der Waals surface area contributed by atoms with E-state index < -0.39 is 5.97 Å². The maximum atomic E-state index is 13.4. The van der Waals surface area contributed by atoms with Gasteiger partial charge in [0.25, 0.3) is 5.78 Å². The SMILES string of the molecule is CCOC1(C)OC(=Cc2ccc(-c3ccccc3)cc2)C(=O)C(=Cc2ccc(-c3ccccc3)cc2)O1. The van der Waals surface area contributed by atoms with Gasteiger partial charge in [0.2, 0.25) is 0 Å². The van der Waals surface area contributed by atoms with E-state index in [-0.39, 0.29) is 17.3 Å². The molecule has 0 aliphatic carbocycles. The number of hydrogen-bond acceptors (Lipinski definition) is 4. The van der Waals surface area contributed by atoms with Crippen molar-refractivity contribution in [2.45, 2.75) is 19.8 Å². The lowest BCUT2D eigenvalue weighted by molar-refractivity contribution is -0.343. The molecule has 184 valence electrons. The topological polar surface area (TPSA) is 44.8 Å². The van der Waals surface area contributed by atoms with Gasteiger partial charge in [0.1, 0.15) is 0 Å². The van der Waals surface area contributed by atoms with Crippen molar-refractivity contribution in [3.8, 4) is 22.3 Å². The van der Waals surface area contributed by atoms with Gasteiger partial charge in [-0.1, -0.05) is 109 Å². The number of ketones is 1. The van der Waals surface area contributed by atoms with Crippen molar-refractivity contribution < 1.29 is 19.0 Å². The molecule has 0 atom stereocenters. The molecule has 4 aromatic rings. The van der Waals surface area contributed by atoms with Crippen LogP contribution in [0.3, 0.4) is 0 Å². The van der Waals surface area contributed by atoms with Crippen LogP contribution in [0.4, 0.5) is 0 Å². The largest absolute Gasteiger partial charge is 0.426 e. The van der Waals surface area contributed by atoms with E-state index in [1.54, 1.807) is 19.1 Å². The summed E-state index contributed by atoms with van der Waals surface area (Å²) in [6, 6.07) is 36.3. The standard InChI is InChI=1S/C33H28O4/c1-3-35-33(2)36-30(22-24-14-18-28(19-15-24)26-10-6-4-7-11-26)32(34)31(37-33)23-25-16-20-29(21-17-25)27-12-8-5-9-13-27/h4-23H,3H2,1-2H3. The van der Waals surface area contributed by atoms with Crippen molar-refractivity contribution in [3.63, 3.8) is 0 Å². The third-order valence-electron chi connectivity index (χ3n) is 6.08. The molecule has 0 saturated carbocycles. The van der Waals surface area contributed by atoms with Gasteiger partial charge >= 0.3 is 5.97 Å². The Labute approximate surface area is 217 Å². The van der Waals surface area contributed by atoms with E-state index in [0.717, 1.165) is 33.4 Å². The van der Waals surface area contributed by atoms with E-state index in [2.05, 4.69) is 24.3 Å². The molecule has 1 saturated heterocycles. The lowest BCUT2D eigenvalue weighted by Crippen LogP contribution is -2.42. The highest BCUT2D eigenvalue weighted by molar-refractivity contribution is 6.11. The third kappa shape index (κ3) is 5.71. The van der Waals surface area contributed by atoms with Gasteiger partial charge < -0.3 is 14.2 Å². The number of rotatable bonds is 6. The molecule has 0 spiro atoms. The Hall–Kier alpha value is -4.41. The van der Waals surface area contributed by atoms with Crippen LogP contribution in [0.5, 0.6) is 0 Å². The average molecular weight is 489 g/mol. The molecule has 1 heterocycles. The second kappa shape index (κ2) is 10.7. The number of carbonyl (C=O) groups excluding carboxylic acids is 1. The lowest BCUT2D eigenvalue weighted by Gasteiger charge is -2.35. The summed E-state index contributed by atoms with van der Waals surface area (Å²) in [5, 5.41) is 0. The smallest absolute Gasteiger partial charge is 0.368 e. The van der Waals surface area contributed by atoms with Crippen molar-refractivity contribution in [2.24, 2.45) is 0 Å². The molecule has 4 aromatic carbocycles. The number of Topliss-reactive ketones (excluding diaryl/α,β-unsaturated/α-hetero) is 1. The molecule has 4 nitrogen and oxygen atoms in total. The highest BCUT2D eigenvalue weighted by Gasteiger charge is 2.41. The van der Waals surface area contributed by atoms with Gasteiger partial charge in [0.05, 0.1) is 6.61 Å². The zero-order valence-corrected chi connectivity index (χ0v) is 20.9. The molecule has 1 aliphatic heterocycles. The monoisotopic (exact) mass is 488 g/mol. The minimum absolute atomic E-state index is 0.168. The molecule has 37 heavy (non-hydrogen) atoms. The molecule has 5 rings (SSSR count). The van der Waals surface area contributed by atoms with E-state index in [1.807, 2.05) is 91.9 Å². The van der Waals surface area contributed by atoms with Crippen LogP contribution in [0.1, 0.15) is 25.0 Å². The molecular formula is C33H28O4. The maximum Gasteiger partial charge on any atom is 0.368 e. The van der Waals surface area contributed by atoms with Crippen LogP contribution >= 0.6 is 0 Å². The Morgan fingerprint density at radius 2 is 1.00 bits per heavy atom. The normalized spacial score (nSPS) is 19.5. The van der Waals surface area contributed by atoms with Gasteiger partial charge in [0.15, 0.2) is 11.5 Å². The van der Waals surface area contributed by atoms with Crippen LogP contribution in [0.15, 0.2) is 121 Å². The molecule has 0 N–H and O–H groups in total. The molecule has 0 amide bonds. The molecular weight excluding hydrogens is 460 g/mol. The van der Waals surface area contributed by atoms with Gasteiger partial charge in [-0.05, 0) is 52.5 Å². The first-order valence-corrected chi connectivity index (χ1v) is 12.3. The summed E-state index contributed by atoms with van der Waals surface area (Å²) in [7, 11) is 0. The fraction of sp³-hybridized carbons (Fsp3) is 0.121. The van der Waals surface area contributed by atoms with Gasteiger partial charge in [0, 0.05) is 6.92 Å². The van der Waals surface area contributed by atoms with Crippen molar-refractivity contribution in [1.29, 1.82) is 0 Å². The lowest BCUT2D eigenvalue weighted by atomic mass is 10.0. The second-order valence-electron chi connectivity index (χ2n) is 8.82. The zero-order valence-electron chi connectivity index (χ0n) is 20.9. The first-order valence-electron chi connectivity index (χ1n) is 12.3. The Kier molecular flexibility index (Phi) is 7.02. The quantitative estimate of drug-likeness (QED) is 0.261. The van der Waals surface area contributed by atoms with Crippen molar-refractivity contribution in [3.05, 3.63) is 132 Å². The first kappa shape index (κ1) is 24.3. The Bertz CT molecular complexity index is 1310. The highest BCUT2D eigenvalue weighted by atomic mass is 16.9. The van der Waals surface area contributed by atoms with E-state index in [9.17, 15) is 4.79 Å². The fourth-order valence-electron chi connectivity index (χ4n) is 4.25. The highest BCUT2D eigenvalue weighted by Crippen LogP contribution is 2.33. The van der Waals surface area contributed by atoms with Crippen LogP contribution in [0.25, 0.3) is 34.4 Å². The number of hydrogen-bond donors (Lipinski definition) is 0. The third-order valence-corrected chi connectivity index (χ3v) is 6.08. The zero-order chi connectivity index (χ0) is 25.7. The van der Waals surface area contributed by atoms with Crippen LogP contribution in [-0.2, 0) is 19.0 Å². The molecule has 0 aromatic heterocycles. The molecule has 4 heteroatoms. The van der Waals surface area contributed by atoms with Crippen LogP contribution < -0.4 is 0 Å². The summed E-state index contributed by atoms with van der Waals surface area (Å²) < 4.78 is 17.6. The van der Waals surface area contributed by atoms with E-state index >= 15 is 0 Å². The van der Waals surface area contributed by atoms with Crippen LogP contribution in [-0.4, -0.2) is 18.4 Å². The summed E-state index contributed by atoms with van der Waals surface area (Å²) in [4.78, 5) is 13.4. The average Bonchev–Trinajstić information content (AvgIpc) is 2.93. The van der Waals surface area contributed by atoms with Crippen molar-refractivity contribution in [2.75, 3.05) is 6.61 Å². The molecule has 0 unspecified atom stereocenters. The van der Waals surface area contributed by atoms with Crippen molar-refractivity contribution >= 4 is 17.9 Å². The number of ether oxygens (including phenoxy) is 3. The minimum Gasteiger partial charge on any atom is -0.426 e. The molecule has 0 bridgehead atoms. The minimum atomic E-state index is -1.41. The van der Waals surface area contributed by atoms with Crippen LogP contribution in [0.2, 0.25) is 0 Å². The van der Waals surface area contributed by atoms with E-state index in [0.29, 0.717) is 6.61 Å². The van der Waals surface area contributed by atoms with E-state index in [4.69, 9.17) is 14.2 Å². The second-order valence-corrected chi connectivity index (χ2v) is 8.82. The maximum absolute atomic E-state index is 13.4. The molecule has 1 fully saturated rings. The summed E-state index contributed by atoms with van der Waals surface area (Å²) >= 11 is 0. The number of carbonyl (C=O) groups is 1. The number of benzene rings is 4. The summed E-state index contributed by atoms with van der Waals surface area (Å²) in [5.41, 5.74) is 6.15. The van der Waals surface area contributed by atoms with Gasteiger partial charge in [-0.3, -0.25) is 4.79 Å². The summed E-state index contributed by atoms with van der Waals surface area (Å²) in [6.45, 7) is 3.89. The van der Waals surface area contributed by atoms with Gasteiger partial charge in [-0.25, -0.2) is 0 Å². The summed E-state index contributed by atoms with van der Waals surface area (Å²) in [6.07, 6.45) is 3.45. The summed E-state index contributed by atoms with van der Waals surface area (Å²) in [5.74, 6) is -1.41. The first-order chi connectivity index (χ1) is 18.0. The Balaban J connectivity index is 1.43. The van der Waals surface area contributed by atoms with E-state index in [1.165, 1.54) is 0 Å². The Morgan fingerprint density at radius 1 is 0.622 bits per heavy atom. The predicted molar refractivity (Wildman–Crippen MR) is 147 cm³/mol. The molecule has 1 aliphatic rings. The Morgan fingerprint density at radius 3 is 1.38 bits per heavy atom. The molecule has 0 radical (unpaired) electrons. The fourth-order valence-corrected chi connectivity index (χ4v) is 4.25. The van der Waals surface area contributed by atoms with Gasteiger partial charge in [-0.15, -0.1) is 0 Å². The van der Waals surface area contributed by atoms with Crippen molar-refractivity contribution in [1.82, 2.24) is 0 Å². The van der Waals surface area contributed by atoms with Crippen LogP contribution in [0, 0.1) is 0 Å². The predicted octanol–water partition coefficient (Wildman–Crippen LogP) is 7.73. The van der Waals surface area contributed by atoms with Gasteiger partial charge in [-0.2, -0.15) is 0 Å².